The van der Waals surface area contributed by atoms with Gasteiger partial charge in [0.1, 0.15) is 5.75 Å². The molecule has 0 bridgehead atoms. The molecule has 0 radical (unpaired) electrons. The summed E-state index contributed by atoms with van der Waals surface area (Å²) in [5, 5.41) is 3.06. The van der Waals surface area contributed by atoms with E-state index in [2.05, 4.69) is 38.2 Å². The minimum Gasteiger partial charge on any atom is -0.497 e. The van der Waals surface area contributed by atoms with Crippen LogP contribution in [0.2, 0.25) is 0 Å². The third-order valence-electron chi connectivity index (χ3n) is 3.38. The Balaban J connectivity index is 2.28. The first-order chi connectivity index (χ1) is 9.51. The molecule has 1 atom stereocenters. The van der Waals surface area contributed by atoms with Crippen LogP contribution in [0.25, 0.3) is 0 Å². The van der Waals surface area contributed by atoms with Crippen LogP contribution in [-0.2, 0) is 11.2 Å². The molecule has 0 aliphatic carbocycles. The second-order valence-electron chi connectivity index (χ2n) is 5.79. The van der Waals surface area contributed by atoms with E-state index in [0.29, 0.717) is 12.3 Å². The standard InChI is InChI=1S/C17H27NO2/c1-13(2)5-12-17(19)18-14(3)6-7-15-8-10-16(20-4)11-9-15/h8-11,13-14H,5-7,12H2,1-4H3,(H,18,19). The van der Waals surface area contributed by atoms with Crippen LogP contribution >= 0.6 is 0 Å². The second-order valence-corrected chi connectivity index (χ2v) is 5.79. The third kappa shape index (κ3) is 6.60. The summed E-state index contributed by atoms with van der Waals surface area (Å²) in [5.41, 5.74) is 1.27. The van der Waals surface area contributed by atoms with E-state index < -0.39 is 0 Å². The Morgan fingerprint density at radius 3 is 2.35 bits per heavy atom. The Morgan fingerprint density at radius 2 is 1.80 bits per heavy atom. The summed E-state index contributed by atoms with van der Waals surface area (Å²) in [4.78, 5) is 11.7. The van der Waals surface area contributed by atoms with Gasteiger partial charge in [-0.1, -0.05) is 26.0 Å². The number of hydrogen-bond donors (Lipinski definition) is 1. The van der Waals surface area contributed by atoms with Gasteiger partial charge < -0.3 is 10.1 Å². The Kier molecular flexibility index (Phi) is 7.13. The zero-order chi connectivity index (χ0) is 15.0. The van der Waals surface area contributed by atoms with Gasteiger partial charge in [0.15, 0.2) is 0 Å². The largest absolute Gasteiger partial charge is 0.497 e. The summed E-state index contributed by atoms with van der Waals surface area (Å²) in [5.74, 6) is 1.63. The van der Waals surface area contributed by atoms with Crippen LogP contribution in [0.15, 0.2) is 24.3 Å². The van der Waals surface area contributed by atoms with E-state index in [9.17, 15) is 4.79 Å². The zero-order valence-corrected chi connectivity index (χ0v) is 13.1. The van der Waals surface area contributed by atoms with Crippen molar-refractivity contribution in [2.75, 3.05) is 7.11 Å². The third-order valence-corrected chi connectivity index (χ3v) is 3.38. The van der Waals surface area contributed by atoms with Crippen LogP contribution in [-0.4, -0.2) is 19.1 Å². The number of benzene rings is 1. The normalized spacial score (nSPS) is 12.2. The van der Waals surface area contributed by atoms with Crippen molar-refractivity contribution in [3.05, 3.63) is 29.8 Å². The molecule has 0 heterocycles. The number of carbonyl (C=O) groups excluding carboxylic acids is 1. The fraction of sp³-hybridized carbons (Fsp3) is 0.588. The molecular weight excluding hydrogens is 250 g/mol. The Morgan fingerprint density at radius 1 is 1.15 bits per heavy atom. The molecule has 1 N–H and O–H groups in total. The van der Waals surface area contributed by atoms with Crippen molar-refractivity contribution in [1.82, 2.24) is 5.32 Å². The molecular formula is C17H27NO2. The number of carbonyl (C=O) groups is 1. The van der Waals surface area contributed by atoms with Crippen LogP contribution < -0.4 is 10.1 Å². The number of methoxy groups -OCH3 is 1. The van der Waals surface area contributed by atoms with Gasteiger partial charge >= 0.3 is 0 Å². The number of rotatable bonds is 8. The summed E-state index contributed by atoms with van der Waals surface area (Å²) >= 11 is 0. The highest BCUT2D eigenvalue weighted by Crippen LogP contribution is 2.13. The summed E-state index contributed by atoms with van der Waals surface area (Å²) in [6, 6.07) is 8.32. The van der Waals surface area contributed by atoms with Crippen molar-refractivity contribution >= 4 is 5.91 Å². The highest BCUT2D eigenvalue weighted by atomic mass is 16.5. The van der Waals surface area contributed by atoms with Crippen LogP contribution in [0.4, 0.5) is 0 Å². The van der Waals surface area contributed by atoms with Crippen LogP contribution in [0.5, 0.6) is 5.75 Å². The molecule has 112 valence electrons. The van der Waals surface area contributed by atoms with E-state index in [1.165, 1.54) is 5.56 Å². The smallest absolute Gasteiger partial charge is 0.220 e. The molecule has 0 aliphatic heterocycles. The number of hydrogen-bond acceptors (Lipinski definition) is 2. The lowest BCUT2D eigenvalue weighted by molar-refractivity contribution is -0.122. The van der Waals surface area contributed by atoms with Gasteiger partial charge in [0, 0.05) is 12.5 Å². The van der Waals surface area contributed by atoms with Crippen LogP contribution in [0, 0.1) is 5.92 Å². The minimum atomic E-state index is 0.168. The van der Waals surface area contributed by atoms with Gasteiger partial charge in [-0.3, -0.25) is 4.79 Å². The van der Waals surface area contributed by atoms with E-state index in [1.807, 2.05) is 12.1 Å². The van der Waals surface area contributed by atoms with Crippen LogP contribution in [0.1, 0.15) is 45.6 Å². The highest BCUT2D eigenvalue weighted by Gasteiger charge is 2.08. The molecule has 1 unspecified atom stereocenters. The molecule has 0 fully saturated rings. The molecule has 1 amide bonds. The molecule has 0 aliphatic rings. The van der Waals surface area contributed by atoms with E-state index in [4.69, 9.17) is 4.74 Å². The summed E-state index contributed by atoms with van der Waals surface area (Å²) in [7, 11) is 1.67. The number of ether oxygens (including phenoxy) is 1. The maximum absolute atomic E-state index is 11.7. The van der Waals surface area contributed by atoms with Crippen LogP contribution in [0.3, 0.4) is 0 Å². The molecule has 0 spiro atoms. The predicted molar refractivity (Wildman–Crippen MR) is 83.0 cm³/mol. The average molecular weight is 277 g/mol. The van der Waals surface area contributed by atoms with Gasteiger partial charge in [-0.25, -0.2) is 0 Å². The minimum absolute atomic E-state index is 0.168. The zero-order valence-electron chi connectivity index (χ0n) is 13.1. The summed E-state index contributed by atoms with van der Waals surface area (Å²) in [6.07, 6.45) is 3.51. The molecule has 1 rings (SSSR count). The second kappa shape index (κ2) is 8.62. The van der Waals surface area contributed by atoms with Crippen molar-refractivity contribution in [2.45, 2.75) is 52.5 Å². The lowest BCUT2D eigenvalue weighted by Gasteiger charge is -2.14. The van der Waals surface area contributed by atoms with Crippen molar-refractivity contribution in [1.29, 1.82) is 0 Å². The fourth-order valence-electron chi connectivity index (χ4n) is 2.01. The van der Waals surface area contributed by atoms with E-state index in [1.54, 1.807) is 7.11 Å². The van der Waals surface area contributed by atoms with E-state index in [0.717, 1.165) is 25.0 Å². The van der Waals surface area contributed by atoms with Gasteiger partial charge in [-0.15, -0.1) is 0 Å². The first-order valence-corrected chi connectivity index (χ1v) is 7.43. The van der Waals surface area contributed by atoms with Crippen molar-refractivity contribution < 1.29 is 9.53 Å². The van der Waals surface area contributed by atoms with Gasteiger partial charge in [0.05, 0.1) is 7.11 Å². The van der Waals surface area contributed by atoms with E-state index in [-0.39, 0.29) is 11.9 Å². The maximum Gasteiger partial charge on any atom is 0.220 e. The number of aryl methyl sites for hydroxylation is 1. The average Bonchev–Trinajstić information content (AvgIpc) is 2.43. The summed E-state index contributed by atoms with van der Waals surface area (Å²) in [6.45, 7) is 6.34. The quantitative estimate of drug-likeness (QED) is 0.789. The SMILES string of the molecule is COc1ccc(CCC(C)NC(=O)CCC(C)C)cc1. The van der Waals surface area contributed by atoms with Gasteiger partial charge in [-0.05, 0) is 49.8 Å². The molecule has 3 nitrogen and oxygen atoms in total. The molecule has 0 saturated heterocycles. The molecule has 3 heteroatoms. The molecule has 0 saturated carbocycles. The molecule has 1 aromatic rings. The first-order valence-electron chi connectivity index (χ1n) is 7.43. The number of nitrogens with one attached hydrogen (secondary N) is 1. The lowest BCUT2D eigenvalue weighted by atomic mass is 10.0. The van der Waals surface area contributed by atoms with E-state index >= 15 is 0 Å². The van der Waals surface area contributed by atoms with Gasteiger partial charge in [0.25, 0.3) is 0 Å². The monoisotopic (exact) mass is 277 g/mol. The fourth-order valence-corrected chi connectivity index (χ4v) is 2.01. The molecule has 0 aromatic heterocycles. The Labute approximate surface area is 122 Å². The molecule has 20 heavy (non-hydrogen) atoms. The predicted octanol–water partition coefficient (Wildman–Crippen LogP) is 3.57. The van der Waals surface area contributed by atoms with Gasteiger partial charge in [-0.2, -0.15) is 0 Å². The lowest BCUT2D eigenvalue weighted by Crippen LogP contribution is -2.32. The first kappa shape index (κ1) is 16.5. The Hall–Kier alpha value is -1.51. The Bertz CT molecular complexity index is 398. The summed E-state index contributed by atoms with van der Waals surface area (Å²) < 4.78 is 5.14. The number of amides is 1. The van der Waals surface area contributed by atoms with Gasteiger partial charge in [0.2, 0.25) is 5.91 Å². The van der Waals surface area contributed by atoms with Crippen molar-refractivity contribution in [3.8, 4) is 5.75 Å². The highest BCUT2D eigenvalue weighted by molar-refractivity contribution is 5.76. The topological polar surface area (TPSA) is 38.3 Å². The molecule has 1 aromatic carbocycles. The van der Waals surface area contributed by atoms with Crippen molar-refractivity contribution in [3.63, 3.8) is 0 Å². The maximum atomic E-state index is 11.7. The van der Waals surface area contributed by atoms with Crippen molar-refractivity contribution in [2.24, 2.45) is 5.92 Å².